The lowest BCUT2D eigenvalue weighted by Gasteiger charge is -2.39. The van der Waals surface area contributed by atoms with Crippen LogP contribution in [0.1, 0.15) is 83.5 Å². The number of carbonyl (C=O) groups excluding carboxylic acids is 5. The molecular weight excluding hydrogens is 1040 g/mol. The van der Waals surface area contributed by atoms with E-state index in [1.807, 2.05) is 0 Å². The predicted molar refractivity (Wildman–Crippen MR) is 271 cm³/mol. The normalized spacial score (nSPS) is 31.0. The molecule has 3 heterocycles. The topological polar surface area (TPSA) is 442 Å². The van der Waals surface area contributed by atoms with Gasteiger partial charge in [0, 0.05) is 56.2 Å². The summed E-state index contributed by atoms with van der Waals surface area (Å²) in [5.74, 6) is -1.97. The highest BCUT2D eigenvalue weighted by atomic mass is 32.2. The summed E-state index contributed by atoms with van der Waals surface area (Å²) in [6.45, 7) is -0.505. The molecule has 17 atom stereocenters. The first-order valence-electron chi connectivity index (χ1n) is 25.3. The third-order valence-electron chi connectivity index (χ3n) is 12.6. The van der Waals surface area contributed by atoms with Gasteiger partial charge in [-0.05, 0) is 57.9 Å². The maximum absolute atomic E-state index is 14.0. The highest BCUT2D eigenvalue weighted by Gasteiger charge is 2.46. The average Bonchev–Trinajstić information content (AvgIpc) is 3.38. The standard InChI is InChI=1S/C45H82N6O20S3/c46-14-5-1-2-6-17-49-41(67)24(9-3-7-15-47-29(55)11-18-72-43-38(64)35(61)32(58)26(21-52)69-43)51-42(68)25(50-31(57)13-20-74-45-40(66)37(63)34(60)28(23-54)71-45)10-4-8-16-48-30(56)12-19-73-44-39(65)36(62)33(59)27(22-53)70-44/h24-28,32-40,43-45,52-54,58-66H,1-23,46H2,(H,47,55)(H,48,56)(H,49,67)(H,50,57)(H,51,68)/t24-,25-,26+,27+,28+,32-,33-,34-,35-,36-,37-,38+,39+,40+,43-,44-,45-/m0/s1. The Bertz CT molecular complexity index is 1650. The second-order valence-electron chi connectivity index (χ2n) is 18.3. The van der Waals surface area contributed by atoms with Gasteiger partial charge in [0.15, 0.2) is 0 Å². The van der Waals surface area contributed by atoms with Crippen LogP contribution in [0.15, 0.2) is 0 Å². The summed E-state index contributed by atoms with van der Waals surface area (Å²) in [6.07, 6.45) is -12.2. The number of aliphatic hydroxyl groups is 12. The number of unbranched alkanes of at least 4 members (excludes halogenated alkanes) is 5. The van der Waals surface area contributed by atoms with Gasteiger partial charge in [0.05, 0.1) is 19.8 Å². The molecule has 5 amide bonds. The quantitative estimate of drug-likeness (QED) is 0.0263. The molecule has 0 saturated carbocycles. The summed E-state index contributed by atoms with van der Waals surface area (Å²) in [7, 11) is 0. The second kappa shape index (κ2) is 36.0. The Hall–Kier alpha value is -2.24. The SMILES string of the molecule is NCCCCCCNC(=O)[C@H](CCCCNC(=O)CCS[C@@H]1O[C@H](CO)[C@H](O)[C@H](O)[C@H]1O)NC(=O)[C@H](CCCCNC(=O)CCS[C@@H]1O[C@H](CO)[C@H](O)[C@H](O)[C@H]1O)NC(=O)CCS[C@@H]1O[C@H](CO)[C@H](O)[C@H](O)[C@H]1O. The van der Waals surface area contributed by atoms with Gasteiger partial charge in [-0.25, -0.2) is 0 Å². The van der Waals surface area contributed by atoms with Gasteiger partial charge in [-0.15, -0.1) is 35.3 Å². The van der Waals surface area contributed by atoms with E-state index >= 15 is 0 Å². The molecule has 0 radical (unpaired) electrons. The first-order chi connectivity index (χ1) is 35.4. The molecule has 29 heteroatoms. The number of nitrogens with one attached hydrogen (secondary N) is 5. The zero-order valence-corrected chi connectivity index (χ0v) is 44.0. The van der Waals surface area contributed by atoms with Gasteiger partial charge in [-0.3, -0.25) is 24.0 Å². The number of carbonyl (C=O) groups is 5. The zero-order valence-electron chi connectivity index (χ0n) is 41.5. The van der Waals surface area contributed by atoms with Gasteiger partial charge >= 0.3 is 0 Å². The Labute approximate surface area is 443 Å². The number of amides is 5. The molecule has 430 valence electrons. The minimum Gasteiger partial charge on any atom is -0.394 e. The number of aliphatic hydroxyl groups excluding tert-OH is 12. The minimum absolute atomic E-state index is 0.000875. The van der Waals surface area contributed by atoms with Crippen LogP contribution in [-0.4, -0.2) is 256 Å². The molecule has 3 aliphatic heterocycles. The lowest BCUT2D eigenvalue weighted by Crippen LogP contribution is -2.57. The van der Waals surface area contributed by atoms with Crippen LogP contribution in [0.25, 0.3) is 0 Å². The Morgan fingerprint density at radius 1 is 0.419 bits per heavy atom. The van der Waals surface area contributed by atoms with Crippen LogP contribution >= 0.6 is 35.3 Å². The van der Waals surface area contributed by atoms with Crippen molar-refractivity contribution in [1.29, 1.82) is 0 Å². The number of hydrogen-bond acceptors (Lipinski definition) is 24. The fraction of sp³-hybridized carbons (Fsp3) is 0.889. The molecule has 3 saturated heterocycles. The molecule has 0 aromatic heterocycles. The molecule has 0 unspecified atom stereocenters. The molecule has 3 fully saturated rings. The van der Waals surface area contributed by atoms with Crippen molar-refractivity contribution in [3.8, 4) is 0 Å². The molecule has 3 aliphatic rings. The van der Waals surface area contributed by atoms with Crippen molar-refractivity contribution in [3.63, 3.8) is 0 Å². The first-order valence-corrected chi connectivity index (χ1v) is 28.4. The van der Waals surface area contributed by atoms with Crippen LogP contribution in [0, 0.1) is 0 Å². The number of nitrogens with two attached hydrogens (primary N) is 1. The highest BCUT2D eigenvalue weighted by Crippen LogP contribution is 2.31. The summed E-state index contributed by atoms with van der Waals surface area (Å²) in [6, 6.07) is -2.20. The molecular formula is C45H82N6O20S3. The van der Waals surface area contributed by atoms with Gasteiger partial charge in [-0.2, -0.15) is 0 Å². The maximum atomic E-state index is 14.0. The van der Waals surface area contributed by atoms with E-state index in [9.17, 15) is 85.3 Å². The van der Waals surface area contributed by atoms with Crippen molar-refractivity contribution in [3.05, 3.63) is 0 Å². The fourth-order valence-corrected chi connectivity index (χ4v) is 11.4. The van der Waals surface area contributed by atoms with Crippen molar-refractivity contribution < 1.29 is 99.5 Å². The molecule has 0 spiro atoms. The van der Waals surface area contributed by atoms with Crippen molar-refractivity contribution >= 4 is 64.8 Å². The van der Waals surface area contributed by atoms with E-state index in [2.05, 4.69) is 26.6 Å². The number of ether oxygens (including phenoxy) is 3. The Balaban J connectivity index is 1.58. The van der Waals surface area contributed by atoms with Crippen LogP contribution < -0.4 is 32.3 Å². The van der Waals surface area contributed by atoms with Crippen molar-refractivity contribution in [2.24, 2.45) is 5.73 Å². The number of thioether (sulfide) groups is 3. The molecule has 0 aliphatic carbocycles. The van der Waals surface area contributed by atoms with E-state index in [-0.39, 0.29) is 74.3 Å². The monoisotopic (exact) mass is 1120 g/mol. The summed E-state index contributed by atoms with van der Waals surface area (Å²) >= 11 is 3.03. The van der Waals surface area contributed by atoms with Crippen LogP contribution in [0.5, 0.6) is 0 Å². The fourth-order valence-electron chi connectivity index (χ4n) is 8.03. The van der Waals surface area contributed by atoms with Gasteiger partial charge < -0.3 is 108 Å². The molecule has 19 N–H and O–H groups in total. The molecule has 0 aromatic carbocycles. The molecule has 74 heavy (non-hydrogen) atoms. The summed E-state index contributed by atoms with van der Waals surface area (Å²) in [5, 5.41) is 134. The van der Waals surface area contributed by atoms with Crippen molar-refractivity contribution in [2.45, 2.75) is 185 Å². The van der Waals surface area contributed by atoms with Gasteiger partial charge in [0.25, 0.3) is 0 Å². The number of hydrogen-bond donors (Lipinski definition) is 18. The molecule has 3 rings (SSSR count). The van der Waals surface area contributed by atoms with E-state index in [1.54, 1.807) is 0 Å². The van der Waals surface area contributed by atoms with Gasteiger partial charge in [0.2, 0.25) is 29.5 Å². The summed E-state index contributed by atoms with van der Waals surface area (Å²) in [5.41, 5.74) is 2.54. The Morgan fingerprint density at radius 2 is 0.770 bits per heavy atom. The maximum Gasteiger partial charge on any atom is 0.243 e. The van der Waals surface area contributed by atoms with Crippen molar-refractivity contribution in [1.82, 2.24) is 26.6 Å². The minimum atomic E-state index is -1.61. The van der Waals surface area contributed by atoms with Crippen molar-refractivity contribution in [2.75, 3.05) is 63.3 Å². The van der Waals surface area contributed by atoms with Crippen LogP contribution in [-0.2, 0) is 38.2 Å². The predicted octanol–water partition coefficient (Wildman–Crippen LogP) is -6.07. The zero-order chi connectivity index (χ0) is 54.7. The van der Waals surface area contributed by atoms with Crippen LogP contribution in [0.3, 0.4) is 0 Å². The lowest BCUT2D eigenvalue weighted by atomic mass is 10.0. The summed E-state index contributed by atoms with van der Waals surface area (Å²) in [4.78, 5) is 66.2. The smallest absolute Gasteiger partial charge is 0.243 e. The molecule has 26 nitrogen and oxygen atoms in total. The van der Waals surface area contributed by atoms with Crippen LogP contribution in [0.4, 0.5) is 0 Å². The number of rotatable bonds is 35. The Morgan fingerprint density at radius 3 is 1.16 bits per heavy atom. The third-order valence-corrected chi connectivity index (χ3v) is 16.1. The highest BCUT2D eigenvalue weighted by molar-refractivity contribution is 8.00. The van der Waals surface area contributed by atoms with E-state index < -0.39 is 139 Å². The van der Waals surface area contributed by atoms with E-state index in [0.717, 1.165) is 54.5 Å². The van der Waals surface area contributed by atoms with E-state index in [1.165, 1.54) is 0 Å². The van der Waals surface area contributed by atoms with E-state index in [4.69, 9.17) is 19.9 Å². The summed E-state index contributed by atoms with van der Waals surface area (Å²) < 4.78 is 16.4. The lowest BCUT2D eigenvalue weighted by molar-refractivity contribution is -0.205. The largest absolute Gasteiger partial charge is 0.394 e. The van der Waals surface area contributed by atoms with E-state index in [0.29, 0.717) is 45.2 Å². The first kappa shape index (κ1) is 66.0. The Kier molecular flexibility index (Phi) is 32.2. The molecule has 0 bridgehead atoms. The van der Waals surface area contributed by atoms with Gasteiger partial charge in [0.1, 0.15) is 102 Å². The second-order valence-corrected chi connectivity index (χ2v) is 21.9. The van der Waals surface area contributed by atoms with Crippen LogP contribution in [0.2, 0.25) is 0 Å². The third kappa shape index (κ3) is 22.2. The van der Waals surface area contributed by atoms with Gasteiger partial charge in [-0.1, -0.05) is 12.8 Å². The average molecular weight is 1120 g/mol. The molecule has 0 aromatic rings.